The first-order valence-corrected chi connectivity index (χ1v) is 9.77. The third-order valence-corrected chi connectivity index (χ3v) is 4.57. The summed E-state index contributed by atoms with van der Waals surface area (Å²) >= 11 is 0. The lowest BCUT2D eigenvalue weighted by Crippen LogP contribution is -2.26. The molecule has 7 nitrogen and oxygen atoms in total. The van der Waals surface area contributed by atoms with Crippen LogP contribution in [0, 0.1) is 0 Å². The van der Waals surface area contributed by atoms with E-state index in [0.717, 1.165) is 5.56 Å². The zero-order valence-electron chi connectivity index (χ0n) is 17.5. The van der Waals surface area contributed by atoms with E-state index in [4.69, 9.17) is 9.47 Å². The SMILES string of the molecule is COc1ccc(NC(=O)CNc2ccccc2C(=O)NCc2ccccc2)cc1OC. The largest absolute Gasteiger partial charge is 0.493 e. The summed E-state index contributed by atoms with van der Waals surface area (Å²) in [4.78, 5) is 25.0. The van der Waals surface area contributed by atoms with Crippen LogP contribution in [0.1, 0.15) is 15.9 Å². The molecule has 3 aromatic rings. The van der Waals surface area contributed by atoms with Crippen LogP contribution in [0.4, 0.5) is 11.4 Å². The number of hydrogen-bond acceptors (Lipinski definition) is 5. The highest BCUT2D eigenvalue weighted by Gasteiger charge is 2.12. The van der Waals surface area contributed by atoms with Crippen LogP contribution < -0.4 is 25.4 Å². The number of hydrogen-bond donors (Lipinski definition) is 3. The Labute approximate surface area is 181 Å². The van der Waals surface area contributed by atoms with E-state index in [1.54, 1.807) is 43.5 Å². The van der Waals surface area contributed by atoms with Crippen LogP contribution in [0.25, 0.3) is 0 Å². The summed E-state index contributed by atoms with van der Waals surface area (Å²) in [6.45, 7) is 0.422. The van der Waals surface area contributed by atoms with Gasteiger partial charge in [-0.1, -0.05) is 42.5 Å². The van der Waals surface area contributed by atoms with Crippen molar-refractivity contribution in [2.75, 3.05) is 31.4 Å². The van der Waals surface area contributed by atoms with Crippen molar-refractivity contribution in [2.24, 2.45) is 0 Å². The molecule has 0 unspecified atom stereocenters. The van der Waals surface area contributed by atoms with E-state index in [0.29, 0.717) is 35.0 Å². The van der Waals surface area contributed by atoms with Crippen LogP contribution in [0.5, 0.6) is 11.5 Å². The molecular weight excluding hydrogens is 394 g/mol. The lowest BCUT2D eigenvalue weighted by atomic mass is 10.1. The molecule has 0 radical (unpaired) electrons. The van der Waals surface area contributed by atoms with Gasteiger partial charge in [-0.05, 0) is 29.8 Å². The van der Waals surface area contributed by atoms with Crippen molar-refractivity contribution < 1.29 is 19.1 Å². The molecule has 0 bridgehead atoms. The Kier molecular flexibility index (Phi) is 7.48. The van der Waals surface area contributed by atoms with E-state index in [1.807, 2.05) is 36.4 Å². The molecule has 160 valence electrons. The fraction of sp³-hybridized carbons (Fsp3) is 0.167. The van der Waals surface area contributed by atoms with E-state index < -0.39 is 0 Å². The number of ether oxygens (including phenoxy) is 2. The summed E-state index contributed by atoms with van der Waals surface area (Å²) in [5.74, 6) is 0.627. The summed E-state index contributed by atoms with van der Waals surface area (Å²) in [6, 6.07) is 21.9. The van der Waals surface area contributed by atoms with Gasteiger partial charge in [0.15, 0.2) is 11.5 Å². The molecule has 0 atom stereocenters. The van der Waals surface area contributed by atoms with Gasteiger partial charge in [0.25, 0.3) is 5.91 Å². The molecule has 0 aliphatic heterocycles. The molecule has 0 spiro atoms. The molecule has 0 saturated heterocycles. The second-order valence-corrected chi connectivity index (χ2v) is 6.69. The molecule has 31 heavy (non-hydrogen) atoms. The minimum absolute atomic E-state index is 0.00266. The van der Waals surface area contributed by atoms with E-state index in [-0.39, 0.29) is 18.4 Å². The van der Waals surface area contributed by atoms with Crippen molar-refractivity contribution in [2.45, 2.75) is 6.54 Å². The number of nitrogens with one attached hydrogen (secondary N) is 3. The zero-order valence-corrected chi connectivity index (χ0v) is 17.5. The van der Waals surface area contributed by atoms with Gasteiger partial charge in [0.1, 0.15) is 0 Å². The van der Waals surface area contributed by atoms with E-state index in [1.165, 1.54) is 7.11 Å². The third kappa shape index (κ3) is 5.99. The summed E-state index contributed by atoms with van der Waals surface area (Å²) in [7, 11) is 3.08. The smallest absolute Gasteiger partial charge is 0.253 e. The Hall–Kier alpha value is -4.00. The summed E-state index contributed by atoms with van der Waals surface area (Å²) < 4.78 is 10.4. The Balaban J connectivity index is 1.59. The van der Waals surface area contributed by atoms with Crippen molar-refractivity contribution in [1.82, 2.24) is 5.32 Å². The number of amides is 2. The standard InChI is InChI=1S/C24H25N3O4/c1-30-21-13-12-18(14-22(21)31-2)27-23(28)16-25-20-11-7-6-10-19(20)24(29)26-15-17-8-4-3-5-9-17/h3-14,25H,15-16H2,1-2H3,(H,26,29)(H,27,28). The highest BCUT2D eigenvalue weighted by molar-refractivity contribution is 6.01. The molecule has 3 rings (SSSR count). The molecule has 0 aromatic heterocycles. The van der Waals surface area contributed by atoms with Crippen molar-refractivity contribution in [3.63, 3.8) is 0 Å². The number of carbonyl (C=O) groups is 2. The second kappa shape index (κ2) is 10.7. The maximum atomic E-state index is 12.6. The predicted octanol–water partition coefficient (Wildman–Crippen LogP) is 3.68. The lowest BCUT2D eigenvalue weighted by Gasteiger charge is -2.13. The molecule has 0 aliphatic rings. The van der Waals surface area contributed by atoms with Crippen molar-refractivity contribution >= 4 is 23.2 Å². The maximum Gasteiger partial charge on any atom is 0.253 e. The van der Waals surface area contributed by atoms with Crippen LogP contribution in [-0.2, 0) is 11.3 Å². The maximum absolute atomic E-state index is 12.6. The summed E-state index contributed by atoms with van der Waals surface area (Å²) in [5.41, 5.74) is 2.64. The number of rotatable bonds is 9. The van der Waals surface area contributed by atoms with Crippen LogP contribution in [-0.4, -0.2) is 32.6 Å². The first-order chi connectivity index (χ1) is 15.1. The van der Waals surface area contributed by atoms with E-state index in [2.05, 4.69) is 16.0 Å². The van der Waals surface area contributed by atoms with Gasteiger partial charge in [0, 0.05) is 24.0 Å². The predicted molar refractivity (Wildman–Crippen MR) is 121 cm³/mol. The van der Waals surface area contributed by atoms with Crippen molar-refractivity contribution in [3.05, 3.63) is 83.9 Å². The van der Waals surface area contributed by atoms with Gasteiger partial charge >= 0.3 is 0 Å². The highest BCUT2D eigenvalue weighted by Crippen LogP contribution is 2.29. The summed E-state index contributed by atoms with van der Waals surface area (Å²) in [6.07, 6.45) is 0. The van der Waals surface area contributed by atoms with Gasteiger partial charge < -0.3 is 25.4 Å². The lowest BCUT2D eigenvalue weighted by molar-refractivity contribution is -0.114. The number of carbonyl (C=O) groups excluding carboxylic acids is 2. The Morgan fingerprint density at radius 3 is 2.29 bits per heavy atom. The second-order valence-electron chi connectivity index (χ2n) is 6.69. The molecule has 3 aromatic carbocycles. The Morgan fingerprint density at radius 2 is 1.55 bits per heavy atom. The van der Waals surface area contributed by atoms with E-state index in [9.17, 15) is 9.59 Å². The number of para-hydroxylation sites is 1. The Bertz CT molecular complexity index is 1040. The van der Waals surface area contributed by atoms with Crippen molar-refractivity contribution in [3.8, 4) is 11.5 Å². The Morgan fingerprint density at radius 1 is 0.839 bits per heavy atom. The van der Waals surface area contributed by atoms with Crippen LogP contribution in [0.15, 0.2) is 72.8 Å². The summed E-state index contributed by atoms with van der Waals surface area (Å²) in [5, 5.41) is 8.73. The molecule has 0 saturated carbocycles. The van der Waals surface area contributed by atoms with Gasteiger partial charge in [0.2, 0.25) is 5.91 Å². The minimum atomic E-state index is -0.258. The molecule has 0 aliphatic carbocycles. The van der Waals surface area contributed by atoms with Gasteiger partial charge in [-0.15, -0.1) is 0 Å². The van der Waals surface area contributed by atoms with Gasteiger partial charge in [-0.3, -0.25) is 9.59 Å². The quantitative estimate of drug-likeness (QED) is 0.492. The normalized spacial score (nSPS) is 10.1. The van der Waals surface area contributed by atoms with Crippen LogP contribution >= 0.6 is 0 Å². The minimum Gasteiger partial charge on any atom is -0.493 e. The van der Waals surface area contributed by atoms with Gasteiger partial charge in [-0.25, -0.2) is 0 Å². The molecule has 2 amide bonds. The zero-order chi connectivity index (χ0) is 22.1. The first kappa shape index (κ1) is 21.7. The highest BCUT2D eigenvalue weighted by atomic mass is 16.5. The fourth-order valence-electron chi connectivity index (χ4n) is 3.00. The third-order valence-electron chi connectivity index (χ3n) is 4.57. The fourth-order valence-corrected chi connectivity index (χ4v) is 3.00. The molecule has 7 heteroatoms. The first-order valence-electron chi connectivity index (χ1n) is 9.77. The van der Waals surface area contributed by atoms with Crippen molar-refractivity contribution in [1.29, 1.82) is 0 Å². The molecular formula is C24H25N3O4. The van der Waals surface area contributed by atoms with E-state index >= 15 is 0 Å². The molecule has 3 N–H and O–H groups in total. The van der Waals surface area contributed by atoms with Gasteiger partial charge in [0.05, 0.1) is 26.3 Å². The van der Waals surface area contributed by atoms with Crippen LogP contribution in [0.3, 0.4) is 0 Å². The monoisotopic (exact) mass is 419 g/mol. The van der Waals surface area contributed by atoms with Gasteiger partial charge in [-0.2, -0.15) is 0 Å². The topological polar surface area (TPSA) is 88.7 Å². The number of benzene rings is 3. The molecule has 0 fully saturated rings. The average Bonchev–Trinajstić information content (AvgIpc) is 2.82. The average molecular weight is 419 g/mol. The number of methoxy groups -OCH3 is 2. The van der Waals surface area contributed by atoms with Crippen LogP contribution in [0.2, 0.25) is 0 Å². The number of anilines is 2. The molecule has 0 heterocycles.